The minimum Gasteiger partial charge on any atom is -0.758 e. The van der Waals surface area contributed by atoms with Gasteiger partial charge in [-0.2, -0.15) is 0 Å². The Balaban J connectivity index is 2.80. The number of allylic oxidation sites excluding steroid dienone is 3. The van der Waals surface area contributed by atoms with Crippen molar-refractivity contribution in [3.63, 3.8) is 0 Å². The van der Waals surface area contributed by atoms with Crippen molar-refractivity contribution in [2.24, 2.45) is 0 Å². The minimum atomic E-state index is -0.181. The van der Waals surface area contributed by atoms with E-state index in [2.05, 4.69) is 0 Å². The average molecular weight is 138 g/mol. The second-order valence-electron chi connectivity index (χ2n) is 2.10. The number of carbonyl (C=O) groups is 1. The van der Waals surface area contributed by atoms with Gasteiger partial charge < -0.3 is 10.3 Å². The maximum atomic E-state index is 10.8. The molecular weight excluding hydrogens is 130 g/mol. The smallest absolute Gasteiger partial charge is 0.175 e. The highest BCUT2D eigenvalue weighted by atomic mass is 16.5. The van der Waals surface area contributed by atoms with Crippen LogP contribution in [0.25, 0.3) is 0 Å². The van der Waals surface area contributed by atoms with Crippen LogP contribution in [0.3, 0.4) is 0 Å². The third-order valence-electron chi connectivity index (χ3n) is 1.29. The molecule has 1 aliphatic rings. The fourth-order valence-electron chi connectivity index (χ4n) is 0.790. The number of hydrogen-bond acceptors (Lipinski definition) is 3. The van der Waals surface area contributed by atoms with Gasteiger partial charge >= 0.3 is 0 Å². The van der Waals surface area contributed by atoms with Crippen molar-refractivity contribution in [3.8, 4) is 0 Å². The molecule has 3 nitrogen and oxygen atoms in total. The van der Waals surface area contributed by atoms with Crippen molar-refractivity contribution in [1.82, 2.24) is 5.06 Å². The van der Waals surface area contributed by atoms with Gasteiger partial charge in [0, 0.05) is 13.5 Å². The van der Waals surface area contributed by atoms with Gasteiger partial charge in [-0.15, -0.1) is 0 Å². The van der Waals surface area contributed by atoms with Gasteiger partial charge in [0.05, 0.1) is 5.70 Å². The molecule has 0 bridgehead atoms. The first-order valence-electron chi connectivity index (χ1n) is 3.04. The maximum Gasteiger partial charge on any atom is 0.175 e. The molecule has 3 heteroatoms. The Labute approximate surface area is 59.2 Å². The predicted octanol–water partition coefficient (Wildman–Crippen LogP) is 0.829. The third kappa shape index (κ3) is 1.25. The summed E-state index contributed by atoms with van der Waals surface area (Å²) in [6.07, 6.45) is 4.95. The minimum absolute atomic E-state index is 0.181. The van der Waals surface area contributed by atoms with E-state index < -0.39 is 0 Å². The van der Waals surface area contributed by atoms with Crippen molar-refractivity contribution in [1.29, 1.82) is 0 Å². The largest absolute Gasteiger partial charge is 0.758 e. The number of nitrogens with zero attached hydrogens (tertiary/aromatic N) is 1. The third-order valence-corrected chi connectivity index (χ3v) is 1.29. The lowest BCUT2D eigenvalue weighted by atomic mass is 10.2. The second kappa shape index (κ2) is 2.66. The molecule has 1 heterocycles. The summed E-state index contributed by atoms with van der Waals surface area (Å²) in [6, 6.07) is 0. The number of hydroxylamine groups is 2. The molecule has 0 aromatic rings. The Morgan fingerprint density at radius 1 is 1.80 bits per heavy atom. The van der Waals surface area contributed by atoms with Gasteiger partial charge in [0.2, 0.25) is 0 Å². The molecule has 0 atom stereocenters. The Hall–Kier alpha value is -1.09. The maximum absolute atomic E-state index is 10.8. The highest BCUT2D eigenvalue weighted by Crippen LogP contribution is 2.07. The summed E-state index contributed by atoms with van der Waals surface area (Å²) in [5.74, 6) is -0.181. The number of carbonyl (C=O) groups excluding carboxylic acids is 1. The second-order valence-corrected chi connectivity index (χ2v) is 2.10. The summed E-state index contributed by atoms with van der Waals surface area (Å²) < 4.78 is 0. The van der Waals surface area contributed by atoms with Crippen molar-refractivity contribution in [3.05, 3.63) is 29.1 Å². The van der Waals surface area contributed by atoms with E-state index in [4.69, 9.17) is 0 Å². The van der Waals surface area contributed by atoms with Crippen molar-refractivity contribution < 1.29 is 4.79 Å². The number of Topliss-reactive ketones (excluding diaryl/α,β-unsaturated/α-hetero) is 1. The summed E-state index contributed by atoms with van der Waals surface area (Å²) in [7, 11) is 0. The van der Waals surface area contributed by atoms with Crippen LogP contribution in [0.1, 0.15) is 6.92 Å². The van der Waals surface area contributed by atoms with Crippen LogP contribution in [0, 0.1) is 5.21 Å². The first-order chi connectivity index (χ1) is 4.72. The Morgan fingerprint density at radius 2 is 2.50 bits per heavy atom. The Morgan fingerprint density at radius 3 is 2.90 bits per heavy atom. The average Bonchev–Trinajstić information content (AvgIpc) is 1.88. The molecule has 1 aliphatic heterocycles. The molecular formula is C7H8NO2-. The highest BCUT2D eigenvalue weighted by Gasteiger charge is 2.04. The van der Waals surface area contributed by atoms with Crippen LogP contribution in [-0.2, 0) is 4.79 Å². The van der Waals surface area contributed by atoms with Crippen LogP contribution in [0.2, 0.25) is 0 Å². The quantitative estimate of drug-likeness (QED) is 0.539. The SMILES string of the molecule is CC(=O)C1=CC=CCN1[O-]. The first-order valence-corrected chi connectivity index (χ1v) is 3.04. The van der Waals surface area contributed by atoms with E-state index >= 15 is 0 Å². The van der Waals surface area contributed by atoms with Gasteiger partial charge in [-0.05, 0) is 6.08 Å². The number of ketones is 1. The molecule has 10 heavy (non-hydrogen) atoms. The molecule has 0 aliphatic carbocycles. The zero-order valence-electron chi connectivity index (χ0n) is 5.70. The normalized spacial score (nSPS) is 17.0. The molecule has 0 amide bonds. The summed E-state index contributed by atoms with van der Waals surface area (Å²) in [4.78, 5) is 10.7. The van der Waals surface area contributed by atoms with E-state index in [1.807, 2.05) is 0 Å². The first kappa shape index (κ1) is 7.02. The number of rotatable bonds is 1. The lowest BCUT2D eigenvalue weighted by Gasteiger charge is -2.31. The van der Waals surface area contributed by atoms with Gasteiger partial charge in [-0.3, -0.25) is 4.79 Å². The molecule has 0 aromatic carbocycles. The van der Waals surface area contributed by atoms with Crippen molar-refractivity contribution >= 4 is 5.78 Å². The molecule has 0 fully saturated rings. The van der Waals surface area contributed by atoms with Gasteiger partial charge in [0.1, 0.15) is 0 Å². The lowest BCUT2D eigenvalue weighted by molar-refractivity contribution is -0.114. The van der Waals surface area contributed by atoms with Crippen LogP contribution in [0.5, 0.6) is 0 Å². The summed E-state index contributed by atoms with van der Waals surface area (Å²) in [5, 5.41) is 11.5. The summed E-state index contributed by atoms with van der Waals surface area (Å²) in [5.41, 5.74) is 0.238. The fraction of sp³-hybridized carbons (Fsp3) is 0.286. The van der Waals surface area contributed by atoms with Crippen LogP contribution in [0.15, 0.2) is 23.9 Å². The lowest BCUT2D eigenvalue weighted by Crippen LogP contribution is -2.22. The van der Waals surface area contributed by atoms with Gasteiger partial charge in [-0.25, -0.2) is 0 Å². The molecule has 0 radical (unpaired) electrons. The monoisotopic (exact) mass is 138 g/mol. The van der Waals surface area contributed by atoms with E-state index in [1.165, 1.54) is 13.0 Å². The van der Waals surface area contributed by atoms with E-state index in [9.17, 15) is 10.0 Å². The molecule has 0 aromatic heterocycles. The highest BCUT2D eigenvalue weighted by molar-refractivity contribution is 5.93. The predicted molar refractivity (Wildman–Crippen MR) is 38.0 cm³/mol. The van der Waals surface area contributed by atoms with Crippen LogP contribution in [-0.4, -0.2) is 17.4 Å². The van der Waals surface area contributed by atoms with E-state index in [0.29, 0.717) is 5.06 Å². The molecule has 1 rings (SSSR count). The molecule has 0 saturated carbocycles. The molecule has 54 valence electrons. The van der Waals surface area contributed by atoms with Crippen molar-refractivity contribution in [2.75, 3.05) is 6.54 Å². The Bertz CT molecular complexity index is 206. The summed E-state index contributed by atoms with van der Waals surface area (Å²) >= 11 is 0. The van der Waals surface area contributed by atoms with Gasteiger partial charge in [-0.1, -0.05) is 12.2 Å². The zero-order valence-corrected chi connectivity index (χ0v) is 5.70. The van der Waals surface area contributed by atoms with Gasteiger partial charge in [0.15, 0.2) is 5.78 Å². The fourth-order valence-corrected chi connectivity index (χ4v) is 0.790. The Kier molecular flexibility index (Phi) is 1.87. The molecule has 0 saturated heterocycles. The number of hydrogen-bond donors (Lipinski definition) is 0. The van der Waals surface area contributed by atoms with Crippen LogP contribution in [0.4, 0.5) is 0 Å². The topological polar surface area (TPSA) is 43.4 Å². The molecule has 0 N–H and O–H groups in total. The van der Waals surface area contributed by atoms with Crippen LogP contribution < -0.4 is 0 Å². The zero-order chi connectivity index (χ0) is 7.56. The molecule has 0 unspecified atom stereocenters. The molecule has 0 spiro atoms. The summed E-state index contributed by atoms with van der Waals surface area (Å²) in [6.45, 7) is 1.67. The van der Waals surface area contributed by atoms with Gasteiger partial charge in [0.25, 0.3) is 0 Å². The van der Waals surface area contributed by atoms with E-state index in [1.54, 1.807) is 12.2 Å². The van der Waals surface area contributed by atoms with E-state index in [-0.39, 0.29) is 18.0 Å². The van der Waals surface area contributed by atoms with Crippen molar-refractivity contribution in [2.45, 2.75) is 6.92 Å². The van der Waals surface area contributed by atoms with E-state index in [0.717, 1.165) is 0 Å². The van der Waals surface area contributed by atoms with Crippen LogP contribution >= 0.6 is 0 Å². The standard InChI is InChI=1S/C7H8NO2/c1-6(9)7-4-2-3-5-8(7)10/h2-4H,5H2,1H3/q-1.